The summed E-state index contributed by atoms with van der Waals surface area (Å²) in [6, 6.07) is 0. The van der Waals surface area contributed by atoms with E-state index in [1.54, 1.807) is 0 Å². The highest BCUT2D eigenvalue weighted by molar-refractivity contribution is 6.17. The summed E-state index contributed by atoms with van der Waals surface area (Å²) >= 11 is 5.90. The zero-order valence-electron chi connectivity index (χ0n) is 18.0. The van der Waals surface area contributed by atoms with Crippen LogP contribution in [0.5, 0.6) is 0 Å². The Morgan fingerprint density at radius 2 is 0.800 bits per heavy atom. The molecule has 0 saturated carbocycles. The van der Waals surface area contributed by atoms with Gasteiger partial charge in [0.15, 0.2) is 0 Å². The number of hydrogen-bond donors (Lipinski definition) is 0. The lowest BCUT2D eigenvalue weighted by Gasteiger charge is -2.35. The first-order valence-corrected chi connectivity index (χ1v) is 12.1. The van der Waals surface area contributed by atoms with Gasteiger partial charge in [-0.05, 0) is 38.5 Å². The number of alkyl halides is 1. The second kappa shape index (κ2) is 19.0. The van der Waals surface area contributed by atoms with Crippen molar-refractivity contribution in [2.24, 2.45) is 0 Å². The van der Waals surface area contributed by atoms with Gasteiger partial charge in [0.25, 0.3) is 0 Å². The lowest BCUT2D eigenvalue weighted by molar-refractivity contribution is -0.910. The van der Waals surface area contributed by atoms with Crippen molar-refractivity contribution < 1.29 is 4.48 Å². The summed E-state index contributed by atoms with van der Waals surface area (Å²) in [7, 11) is 2.50. The predicted molar refractivity (Wildman–Crippen MR) is 117 cm³/mol. The first-order valence-electron chi connectivity index (χ1n) is 11.6. The molecule has 25 heavy (non-hydrogen) atoms. The quantitative estimate of drug-likeness (QED) is 0.115. The zero-order valence-corrected chi connectivity index (χ0v) is 18.7. The molecule has 0 fully saturated rings. The van der Waals surface area contributed by atoms with E-state index in [1.807, 2.05) is 0 Å². The van der Waals surface area contributed by atoms with Crippen molar-refractivity contribution in [3.05, 3.63) is 0 Å². The molecule has 0 atom stereocenters. The highest BCUT2D eigenvalue weighted by Gasteiger charge is 2.19. The van der Waals surface area contributed by atoms with Gasteiger partial charge in [-0.1, -0.05) is 78.1 Å². The van der Waals surface area contributed by atoms with E-state index >= 15 is 0 Å². The Morgan fingerprint density at radius 1 is 0.480 bits per heavy atom. The number of hydrogen-bond acceptors (Lipinski definition) is 0. The van der Waals surface area contributed by atoms with E-state index in [9.17, 15) is 0 Å². The van der Waals surface area contributed by atoms with Crippen LogP contribution in [0.25, 0.3) is 0 Å². The van der Waals surface area contributed by atoms with Gasteiger partial charge in [-0.25, -0.2) is 0 Å². The van der Waals surface area contributed by atoms with Gasteiger partial charge in [-0.2, -0.15) is 0 Å². The van der Waals surface area contributed by atoms with Crippen LogP contribution in [0.2, 0.25) is 0 Å². The molecular weight excluding hydrogens is 326 g/mol. The van der Waals surface area contributed by atoms with Crippen molar-refractivity contribution in [3.8, 4) is 0 Å². The average molecular weight is 375 g/mol. The second-order valence-corrected chi connectivity index (χ2v) is 8.81. The first-order chi connectivity index (χ1) is 12.2. The monoisotopic (exact) mass is 374 g/mol. The van der Waals surface area contributed by atoms with Gasteiger partial charge in [0.05, 0.1) is 26.7 Å². The summed E-state index contributed by atoms with van der Waals surface area (Å²) in [6.07, 6.45) is 22.4. The lowest BCUT2D eigenvalue weighted by Crippen LogP contribution is -2.46. The fraction of sp³-hybridized carbons (Fsp3) is 1.00. The van der Waals surface area contributed by atoms with Gasteiger partial charge in [-0.3, -0.25) is 0 Å². The van der Waals surface area contributed by atoms with Crippen molar-refractivity contribution in [1.29, 1.82) is 0 Å². The molecule has 0 aromatic carbocycles. The molecule has 0 heterocycles. The smallest absolute Gasteiger partial charge is 0.0784 e. The molecule has 152 valence electrons. The van der Waals surface area contributed by atoms with Crippen LogP contribution in [0.15, 0.2) is 0 Å². The average Bonchev–Trinajstić information content (AvgIpc) is 2.60. The maximum Gasteiger partial charge on any atom is 0.0784 e. The van der Waals surface area contributed by atoms with Crippen LogP contribution >= 0.6 is 11.6 Å². The van der Waals surface area contributed by atoms with Crippen molar-refractivity contribution in [2.75, 3.05) is 32.6 Å². The summed E-state index contributed by atoms with van der Waals surface area (Å²) in [5.41, 5.74) is 0. The number of halogens is 1. The molecule has 0 bridgehead atoms. The Labute approximate surface area is 165 Å². The Bertz CT molecular complexity index is 236. The second-order valence-electron chi connectivity index (χ2n) is 8.43. The van der Waals surface area contributed by atoms with Crippen LogP contribution in [0, 0.1) is 0 Å². The molecule has 0 aromatic heterocycles. The maximum atomic E-state index is 5.90. The Morgan fingerprint density at radius 3 is 1.16 bits per heavy atom. The van der Waals surface area contributed by atoms with Gasteiger partial charge < -0.3 is 4.48 Å². The molecule has 1 nitrogen and oxygen atoms in total. The molecule has 0 aliphatic heterocycles. The zero-order chi connectivity index (χ0) is 18.6. The largest absolute Gasteiger partial charge is 0.326 e. The lowest BCUT2D eigenvalue weighted by atomic mass is 10.1. The van der Waals surface area contributed by atoms with E-state index in [1.165, 1.54) is 127 Å². The Balaban J connectivity index is 3.90. The molecule has 2 heteroatoms. The number of unbranched alkanes of at least 4 members (excludes halogenated alkanes) is 13. The predicted octanol–water partition coefficient (Wildman–Crippen LogP) is 7.95. The van der Waals surface area contributed by atoms with Crippen molar-refractivity contribution in [1.82, 2.24) is 0 Å². The van der Waals surface area contributed by atoms with Crippen molar-refractivity contribution in [3.63, 3.8) is 0 Å². The fourth-order valence-corrected chi connectivity index (χ4v) is 4.01. The molecule has 0 saturated heterocycles. The number of nitrogens with zero attached hydrogens (tertiary/aromatic N) is 1. The molecule has 0 aliphatic rings. The summed E-state index contributed by atoms with van der Waals surface area (Å²) in [5, 5.41) is 0. The molecule has 0 rings (SSSR count). The van der Waals surface area contributed by atoms with Gasteiger partial charge >= 0.3 is 0 Å². The standard InChI is InChI=1S/C23H49ClN/c1-4-6-8-10-12-14-17-21-25(3,23-19-16-20-24)22-18-15-13-11-9-7-5-2/h4-23H2,1-3H3/q+1. The normalized spacial score (nSPS) is 12.0. The molecule has 0 radical (unpaired) electrons. The van der Waals surface area contributed by atoms with Crippen LogP contribution in [0.4, 0.5) is 0 Å². The minimum absolute atomic E-state index is 0.828. The third-order valence-corrected chi connectivity index (χ3v) is 5.95. The van der Waals surface area contributed by atoms with Crippen LogP contribution in [0.3, 0.4) is 0 Å². The summed E-state index contributed by atoms with van der Waals surface area (Å²) in [6.45, 7) is 8.69. The van der Waals surface area contributed by atoms with E-state index in [-0.39, 0.29) is 0 Å². The summed E-state index contributed by atoms with van der Waals surface area (Å²) in [5.74, 6) is 0.828. The highest BCUT2D eigenvalue weighted by atomic mass is 35.5. The van der Waals surface area contributed by atoms with E-state index in [4.69, 9.17) is 11.6 Å². The topological polar surface area (TPSA) is 0 Å². The first kappa shape index (κ1) is 25.2. The fourth-order valence-electron chi connectivity index (χ4n) is 3.82. The number of quaternary nitrogens is 1. The third kappa shape index (κ3) is 17.4. The van der Waals surface area contributed by atoms with E-state index in [2.05, 4.69) is 20.9 Å². The molecular formula is C23H49ClN+. The molecule has 0 aliphatic carbocycles. The Hall–Kier alpha value is 0.250. The third-order valence-electron chi connectivity index (χ3n) is 5.68. The van der Waals surface area contributed by atoms with Crippen LogP contribution in [-0.4, -0.2) is 37.0 Å². The van der Waals surface area contributed by atoms with Crippen molar-refractivity contribution in [2.45, 2.75) is 117 Å². The molecule has 0 unspecified atom stereocenters. The molecule has 0 aromatic rings. The minimum atomic E-state index is 0.828. The SMILES string of the molecule is CCCCCCCCC[N+](C)(CCCCCl)CCCCCCCCC. The summed E-state index contributed by atoms with van der Waals surface area (Å²) < 4.78 is 1.29. The number of rotatable bonds is 20. The van der Waals surface area contributed by atoms with E-state index in [0.717, 1.165) is 5.88 Å². The van der Waals surface area contributed by atoms with Gasteiger partial charge in [0, 0.05) is 5.88 Å². The maximum absolute atomic E-state index is 5.90. The molecule has 0 amide bonds. The van der Waals surface area contributed by atoms with E-state index in [0.29, 0.717) is 0 Å². The van der Waals surface area contributed by atoms with E-state index < -0.39 is 0 Å². The minimum Gasteiger partial charge on any atom is -0.326 e. The van der Waals surface area contributed by atoms with Crippen molar-refractivity contribution >= 4 is 11.6 Å². The van der Waals surface area contributed by atoms with Crippen LogP contribution < -0.4 is 0 Å². The van der Waals surface area contributed by atoms with Gasteiger partial charge in [0.2, 0.25) is 0 Å². The van der Waals surface area contributed by atoms with Gasteiger partial charge in [0.1, 0.15) is 0 Å². The van der Waals surface area contributed by atoms with Crippen LogP contribution in [-0.2, 0) is 0 Å². The highest BCUT2D eigenvalue weighted by Crippen LogP contribution is 2.15. The van der Waals surface area contributed by atoms with Gasteiger partial charge in [-0.15, -0.1) is 11.6 Å². The summed E-state index contributed by atoms with van der Waals surface area (Å²) in [4.78, 5) is 0. The van der Waals surface area contributed by atoms with Crippen LogP contribution in [0.1, 0.15) is 117 Å². The Kier molecular flexibility index (Phi) is 19.2. The molecule has 0 N–H and O–H groups in total. The molecule has 0 spiro atoms.